The molecule has 23 heavy (non-hydrogen) atoms. The van der Waals surface area contributed by atoms with Gasteiger partial charge >= 0.3 is 5.97 Å². The number of thioether (sulfide) groups is 1. The van der Waals surface area contributed by atoms with Crippen LogP contribution in [0.2, 0.25) is 10.0 Å². The molecule has 2 aromatic carbocycles. The van der Waals surface area contributed by atoms with Crippen LogP contribution in [0.4, 0.5) is 5.69 Å². The molecule has 4 nitrogen and oxygen atoms in total. The summed E-state index contributed by atoms with van der Waals surface area (Å²) in [5, 5.41) is 0.469. The molecule has 1 aliphatic rings. The first kappa shape index (κ1) is 16.2. The van der Waals surface area contributed by atoms with Crippen molar-refractivity contribution in [2.75, 3.05) is 17.2 Å². The van der Waals surface area contributed by atoms with Gasteiger partial charge < -0.3 is 4.74 Å². The van der Waals surface area contributed by atoms with Crippen molar-refractivity contribution in [1.82, 2.24) is 0 Å². The number of esters is 1. The smallest absolute Gasteiger partial charge is 0.331 e. The number of fused-ring (bicyclic) bond motifs is 1. The third-order valence-corrected chi connectivity index (χ3v) is 5.08. The monoisotopic (exact) mass is 367 g/mol. The molecule has 0 N–H and O–H groups in total. The van der Waals surface area contributed by atoms with Crippen molar-refractivity contribution in [3.05, 3.63) is 52.5 Å². The molecule has 0 spiro atoms. The van der Waals surface area contributed by atoms with Crippen molar-refractivity contribution in [1.29, 1.82) is 0 Å². The van der Waals surface area contributed by atoms with Crippen LogP contribution in [0, 0.1) is 0 Å². The van der Waals surface area contributed by atoms with E-state index in [0.717, 1.165) is 4.90 Å². The van der Waals surface area contributed by atoms with Gasteiger partial charge in [0.15, 0.2) is 5.75 Å². The highest BCUT2D eigenvalue weighted by Crippen LogP contribution is 2.35. The Morgan fingerprint density at radius 3 is 2.78 bits per heavy atom. The highest BCUT2D eigenvalue weighted by molar-refractivity contribution is 8.00. The molecule has 0 aliphatic carbocycles. The number of benzene rings is 2. The highest BCUT2D eigenvalue weighted by atomic mass is 35.5. The number of nitrogens with zero attached hydrogens (tertiary/aromatic N) is 1. The van der Waals surface area contributed by atoms with Crippen LogP contribution in [0.3, 0.4) is 0 Å². The molecule has 0 atom stereocenters. The average molecular weight is 368 g/mol. The maximum absolute atomic E-state index is 12.2. The van der Waals surface area contributed by atoms with E-state index in [1.807, 2.05) is 18.2 Å². The van der Waals surface area contributed by atoms with Crippen LogP contribution in [0.1, 0.15) is 0 Å². The summed E-state index contributed by atoms with van der Waals surface area (Å²) in [6.07, 6.45) is 0. The molecule has 7 heteroatoms. The summed E-state index contributed by atoms with van der Waals surface area (Å²) in [6, 6.07) is 12.2. The van der Waals surface area contributed by atoms with Gasteiger partial charge in [0.2, 0.25) is 5.91 Å². The Kier molecular flexibility index (Phi) is 4.80. The first-order chi connectivity index (χ1) is 11.1. The van der Waals surface area contributed by atoms with Gasteiger partial charge in [0.25, 0.3) is 0 Å². The average Bonchev–Trinajstić information content (AvgIpc) is 2.54. The van der Waals surface area contributed by atoms with E-state index < -0.39 is 5.97 Å². The topological polar surface area (TPSA) is 46.6 Å². The van der Waals surface area contributed by atoms with E-state index in [0.29, 0.717) is 16.5 Å². The van der Waals surface area contributed by atoms with Gasteiger partial charge in [0.05, 0.1) is 16.5 Å². The lowest BCUT2D eigenvalue weighted by Gasteiger charge is -2.27. The molecule has 1 amide bonds. The number of hydrogen-bond acceptors (Lipinski definition) is 4. The fraction of sp³-hybridized carbons (Fsp3) is 0.125. The van der Waals surface area contributed by atoms with Gasteiger partial charge in [-0.1, -0.05) is 41.4 Å². The van der Waals surface area contributed by atoms with E-state index in [1.54, 1.807) is 24.3 Å². The van der Waals surface area contributed by atoms with Crippen LogP contribution in [0.15, 0.2) is 47.4 Å². The van der Waals surface area contributed by atoms with E-state index in [1.165, 1.54) is 16.7 Å². The summed E-state index contributed by atoms with van der Waals surface area (Å²) in [5.74, 6) is -0.245. The van der Waals surface area contributed by atoms with Crippen LogP contribution in [-0.2, 0) is 9.59 Å². The van der Waals surface area contributed by atoms with E-state index in [2.05, 4.69) is 0 Å². The molecule has 0 aromatic heterocycles. The maximum Gasteiger partial charge on any atom is 0.331 e. The predicted octanol–water partition coefficient (Wildman–Crippen LogP) is 4.04. The zero-order valence-corrected chi connectivity index (χ0v) is 14.1. The summed E-state index contributed by atoms with van der Waals surface area (Å²) >= 11 is 13.3. The SMILES string of the molecule is O=C(CN1C(=O)CSc2ccccc21)Oc1cccc(Cl)c1Cl. The number of carbonyl (C=O) groups is 2. The van der Waals surface area contributed by atoms with E-state index >= 15 is 0 Å². The van der Waals surface area contributed by atoms with Crippen molar-refractivity contribution < 1.29 is 14.3 Å². The number of anilines is 1. The zero-order chi connectivity index (χ0) is 16.4. The van der Waals surface area contributed by atoms with E-state index in [4.69, 9.17) is 27.9 Å². The molecule has 0 bridgehead atoms. The van der Waals surface area contributed by atoms with Crippen molar-refractivity contribution in [2.45, 2.75) is 4.90 Å². The van der Waals surface area contributed by atoms with Crippen LogP contribution in [0.25, 0.3) is 0 Å². The second kappa shape index (κ2) is 6.83. The minimum absolute atomic E-state index is 0.136. The lowest BCUT2D eigenvalue weighted by atomic mass is 10.2. The molecule has 1 heterocycles. The number of rotatable bonds is 3. The van der Waals surface area contributed by atoms with Gasteiger partial charge in [0.1, 0.15) is 11.6 Å². The molecule has 0 unspecified atom stereocenters. The molecular formula is C16H11Cl2NO3S. The Hall–Kier alpha value is -1.69. The van der Waals surface area contributed by atoms with E-state index in [-0.39, 0.29) is 23.2 Å². The van der Waals surface area contributed by atoms with Crippen molar-refractivity contribution in [2.24, 2.45) is 0 Å². The first-order valence-electron chi connectivity index (χ1n) is 6.73. The molecule has 1 aliphatic heterocycles. The lowest BCUT2D eigenvalue weighted by Crippen LogP contribution is -2.40. The molecule has 118 valence electrons. The number of hydrogen-bond donors (Lipinski definition) is 0. The largest absolute Gasteiger partial charge is 0.424 e. The van der Waals surface area contributed by atoms with Gasteiger partial charge in [0, 0.05) is 4.90 Å². The molecule has 2 aromatic rings. The Labute approximate surface area is 147 Å². The number of para-hydroxylation sites is 1. The maximum atomic E-state index is 12.2. The number of amides is 1. The van der Waals surface area contributed by atoms with Crippen molar-refractivity contribution in [3.63, 3.8) is 0 Å². The second-order valence-electron chi connectivity index (χ2n) is 4.76. The van der Waals surface area contributed by atoms with Gasteiger partial charge in [-0.15, -0.1) is 11.8 Å². The van der Waals surface area contributed by atoms with E-state index in [9.17, 15) is 9.59 Å². The van der Waals surface area contributed by atoms with Gasteiger partial charge in [-0.2, -0.15) is 0 Å². The van der Waals surface area contributed by atoms with Crippen LogP contribution in [0.5, 0.6) is 5.75 Å². The summed E-state index contributed by atoms with van der Waals surface area (Å²) in [5.41, 5.74) is 0.711. The molecule has 0 saturated carbocycles. The summed E-state index contributed by atoms with van der Waals surface area (Å²) in [7, 11) is 0. The molecule has 3 rings (SSSR count). The molecule has 0 saturated heterocycles. The Morgan fingerprint density at radius 2 is 1.96 bits per heavy atom. The summed E-state index contributed by atoms with van der Waals surface area (Å²) in [6.45, 7) is -0.181. The lowest BCUT2D eigenvalue weighted by molar-refractivity contribution is -0.134. The zero-order valence-electron chi connectivity index (χ0n) is 11.8. The third kappa shape index (κ3) is 3.47. The Morgan fingerprint density at radius 1 is 1.17 bits per heavy atom. The second-order valence-corrected chi connectivity index (χ2v) is 6.56. The fourth-order valence-corrected chi connectivity index (χ4v) is 3.44. The third-order valence-electron chi connectivity index (χ3n) is 3.24. The number of ether oxygens (including phenoxy) is 1. The summed E-state index contributed by atoms with van der Waals surface area (Å²) in [4.78, 5) is 26.7. The normalized spacial score (nSPS) is 13.7. The quantitative estimate of drug-likeness (QED) is 0.606. The number of carbonyl (C=O) groups excluding carboxylic acids is 2. The first-order valence-corrected chi connectivity index (χ1v) is 8.47. The van der Waals surface area contributed by atoms with Gasteiger partial charge in [-0.25, -0.2) is 4.79 Å². The van der Waals surface area contributed by atoms with Crippen LogP contribution >= 0.6 is 35.0 Å². The Balaban J connectivity index is 1.78. The fourth-order valence-electron chi connectivity index (χ4n) is 2.17. The van der Waals surface area contributed by atoms with Crippen LogP contribution < -0.4 is 9.64 Å². The standard InChI is InChI=1S/C16H11Cl2NO3S/c17-10-4-3-6-12(16(10)18)22-15(21)8-19-11-5-1-2-7-13(11)23-9-14(19)20/h1-7H,8-9H2. The molecule has 0 fully saturated rings. The highest BCUT2D eigenvalue weighted by Gasteiger charge is 2.27. The van der Waals surface area contributed by atoms with Crippen molar-refractivity contribution in [3.8, 4) is 5.75 Å². The number of halogens is 2. The van der Waals surface area contributed by atoms with Gasteiger partial charge in [-0.3, -0.25) is 9.69 Å². The van der Waals surface area contributed by atoms with Crippen molar-refractivity contribution >= 4 is 52.5 Å². The Bertz CT molecular complexity index is 782. The minimum atomic E-state index is -0.579. The molecule has 0 radical (unpaired) electrons. The predicted molar refractivity (Wildman–Crippen MR) is 91.6 cm³/mol. The van der Waals surface area contributed by atoms with Gasteiger partial charge in [-0.05, 0) is 24.3 Å². The van der Waals surface area contributed by atoms with Crippen LogP contribution in [-0.4, -0.2) is 24.2 Å². The molecular weight excluding hydrogens is 357 g/mol. The minimum Gasteiger partial charge on any atom is -0.424 e. The summed E-state index contributed by atoms with van der Waals surface area (Å²) < 4.78 is 5.24.